The van der Waals surface area contributed by atoms with Crippen LogP contribution < -0.4 is 5.73 Å². The van der Waals surface area contributed by atoms with Crippen molar-refractivity contribution in [1.82, 2.24) is 35.1 Å². The van der Waals surface area contributed by atoms with Crippen molar-refractivity contribution in [3.63, 3.8) is 0 Å². The summed E-state index contributed by atoms with van der Waals surface area (Å²) < 4.78 is 0. The standard InChI is InChI=1S/C22H16N8S/c1-11-2-3-19(31-11)15-8-25-9-18-20(15)28-22(27-18)21-14-5-16(26-10-17(14)29-30-21)12-4-13(23)7-24-6-12/h2-10H,23H2,1H3,(H,27,28)(H,29,30). The maximum atomic E-state index is 5.89. The molecule has 0 spiro atoms. The summed E-state index contributed by atoms with van der Waals surface area (Å²) in [5.74, 6) is 0.673. The molecule has 0 unspecified atom stereocenters. The minimum Gasteiger partial charge on any atom is -0.397 e. The Bertz CT molecular complexity index is 1580. The van der Waals surface area contributed by atoms with Gasteiger partial charge in [0.1, 0.15) is 11.2 Å². The van der Waals surface area contributed by atoms with E-state index in [0.717, 1.165) is 49.3 Å². The minimum absolute atomic E-state index is 0.591. The van der Waals surface area contributed by atoms with Crippen LogP contribution in [-0.4, -0.2) is 35.1 Å². The van der Waals surface area contributed by atoms with E-state index in [9.17, 15) is 0 Å². The van der Waals surface area contributed by atoms with Crippen LogP contribution in [0.1, 0.15) is 4.88 Å². The van der Waals surface area contributed by atoms with Crippen LogP contribution in [0.5, 0.6) is 0 Å². The molecule has 6 aromatic rings. The van der Waals surface area contributed by atoms with Crippen LogP contribution in [0.15, 0.2) is 55.2 Å². The highest BCUT2D eigenvalue weighted by atomic mass is 32.1. The molecule has 6 aromatic heterocycles. The van der Waals surface area contributed by atoms with Gasteiger partial charge in [-0.2, -0.15) is 5.10 Å². The summed E-state index contributed by atoms with van der Waals surface area (Å²) in [6.45, 7) is 2.09. The lowest BCUT2D eigenvalue weighted by atomic mass is 10.1. The number of thiophene rings is 1. The summed E-state index contributed by atoms with van der Waals surface area (Å²) in [6.07, 6.45) is 8.76. The van der Waals surface area contributed by atoms with Gasteiger partial charge in [0.15, 0.2) is 5.82 Å². The van der Waals surface area contributed by atoms with Crippen LogP contribution in [0.3, 0.4) is 0 Å². The Morgan fingerprint density at radius 3 is 2.71 bits per heavy atom. The summed E-state index contributed by atoms with van der Waals surface area (Å²) >= 11 is 1.73. The van der Waals surface area contributed by atoms with Crippen molar-refractivity contribution in [3.05, 3.63) is 60.1 Å². The number of hydrogen-bond donors (Lipinski definition) is 3. The highest BCUT2D eigenvalue weighted by molar-refractivity contribution is 7.15. The Labute approximate surface area is 180 Å². The lowest BCUT2D eigenvalue weighted by Gasteiger charge is -2.02. The molecule has 4 N–H and O–H groups in total. The minimum atomic E-state index is 0.591. The molecule has 0 fully saturated rings. The largest absolute Gasteiger partial charge is 0.397 e. The molecule has 0 aliphatic carbocycles. The average Bonchev–Trinajstić information content (AvgIpc) is 3.50. The Hall–Kier alpha value is -4.11. The molecule has 0 saturated heterocycles. The van der Waals surface area contributed by atoms with Crippen molar-refractivity contribution in [2.24, 2.45) is 0 Å². The number of nitrogen functional groups attached to an aromatic ring is 1. The predicted molar refractivity (Wildman–Crippen MR) is 122 cm³/mol. The van der Waals surface area contributed by atoms with Crippen molar-refractivity contribution in [2.75, 3.05) is 5.73 Å². The number of aryl methyl sites for hydroxylation is 1. The number of pyridine rings is 3. The topological polar surface area (TPSA) is 122 Å². The number of aromatic amines is 2. The van der Waals surface area contributed by atoms with Gasteiger partial charge in [0.25, 0.3) is 0 Å². The van der Waals surface area contributed by atoms with Gasteiger partial charge in [-0.05, 0) is 31.2 Å². The molecule has 8 nitrogen and oxygen atoms in total. The van der Waals surface area contributed by atoms with Gasteiger partial charge in [-0.15, -0.1) is 11.3 Å². The number of H-pyrrole nitrogens is 2. The van der Waals surface area contributed by atoms with E-state index in [1.165, 1.54) is 4.88 Å². The second-order valence-electron chi connectivity index (χ2n) is 7.27. The predicted octanol–water partition coefficient (Wildman–Crippen LogP) is 4.58. The summed E-state index contributed by atoms with van der Waals surface area (Å²) in [4.78, 5) is 23.7. The Morgan fingerprint density at radius 1 is 0.968 bits per heavy atom. The van der Waals surface area contributed by atoms with Gasteiger partial charge in [-0.3, -0.25) is 20.1 Å². The molecule has 0 bridgehead atoms. The first kappa shape index (κ1) is 17.7. The number of aromatic nitrogens is 7. The molecule has 0 atom stereocenters. The van der Waals surface area contributed by atoms with Crippen LogP contribution >= 0.6 is 11.3 Å². The molecule has 0 amide bonds. The van der Waals surface area contributed by atoms with Crippen LogP contribution in [0, 0.1) is 6.92 Å². The van der Waals surface area contributed by atoms with E-state index in [4.69, 9.17) is 10.7 Å². The molecule has 150 valence electrons. The van der Waals surface area contributed by atoms with Gasteiger partial charge in [0.05, 0.1) is 34.8 Å². The molecule has 6 rings (SSSR count). The van der Waals surface area contributed by atoms with Crippen molar-refractivity contribution < 1.29 is 0 Å². The monoisotopic (exact) mass is 424 g/mol. The number of nitrogens with one attached hydrogen (secondary N) is 2. The van der Waals surface area contributed by atoms with Gasteiger partial charge < -0.3 is 10.7 Å². The fourth-order valence-corrected chi connectivity index (χ4v) is 4.54. The zero-order valence-electron chi connectivity index (χ0n) is 16.4. The summed E-state index contributed by atoms with van der Waals surface area (Å²) in [5, 5.41) is 8.46. The number of nitrogens with two attached hydrogens (primary N) is 1. The first-order chi connectivity index (χ1) is 15.2. The molecular weight excluding hydrogens is 408 g/mol. The molecule has 31 heavy (non-hydrogen) atoms. The SMILES string of the molecule is Cc1ccc(-c2cncc3[nH]c(-c4n[nH]c5cnc(-c6cncc(N)c6)cc45)nc23)s1. The van der Waals surface area contributed by atoms with Crippen LogP contribution in [0.4, 0.5) is 5.69 Å². The fourth-order valence-electron chi connectivity index (χ4n) is 3.66. The summed E-state index contributed by atoms with van der Waals surface area (Å²) in [5.41, 5.74) is 12.4. The van der Waals surface area contributed by atoms with E-state index in [2.05, 4.69) is 49.2 Å². The molecule has 0 saturated carbocycles. The lowest BCUT2D eigenvalue weighted by Crippen LogP contribution is -1.90. The number of rotatable bonds is 3. The van der Waals surface area contributed by atoms with Gasteiger partial charge in [0, 0.05) is 44.9 Å². The molecule has 6 heterocycles. The van der Waals surface area contributed by atoms with Crippen molar-refractivity contribution >= 4 is 39.0 Å². The van der Waals surface area contributed by atoms with E-state index >= 15 is 0 Å². The van der Waals surface area contributed by atoms with Gasteiger partial charge in [-0.1, -0.05) is 0 Å². The lowest BCUT2D eigenvalue weighted by molar-refractivity contribution is 1.10. The van der Waals surface area contributed by atoms with E-state index in [1.807, 2.05) is 18.3 Å². The van der Waals surface area contributed by atoms with Gasteiger partial charge >= 0.3 is 0 Å². The summed E-state index contributed by atoms with van der Waals surface area (Å²) in [6, 6.07) is 8.03. The molecule has 0 aliphatic rings. The Kier molecular flexibility index (Phi) is 3.84. The quantitative estimate of drug-likeness (QED) is 0.382. The molecule has 0 aromatic carbocycles. The fraction of sp³-hybridized carbons (Fsp3) is 0.0455. The van der Waals surface area contributed by atoms with Gasteiger partial charge in [0.2, 0.25) is 0 Å². The number of anilines is 1. The van der Waals surface area contributed by atoms with Crippen molar-refractivity contribution in [3.8, 4) is 33.2 Å². The highest BCUT2D eigenvalue weighted by Gasteiger charge is 2.17. The normalized spacial score (nSPS) is 11.5. The Morgan fingerprint density at radius 2 is 1.87 bits per heavy atom. The van der Waals surface area contributed by atoms with Gasteiger partial charge in [-0.25, -0.2) is 4.98 Å². The van der Waals surface area contributed by atoms with E-state index < -0.39 is 0 Å². The number of fused-ring (bicyclic) bond motifs is 2. The number of imidazole rings is 1. The van der Waals surface area contributed by atoms with Crippen LogP contribution in [0.2, 0.25) is 0 Å². The third-order valence-electron chi connectivity index (χ3n) is 5.13. The number of nitrogens with zero attached hydrogens (tertiary/aromatic N) is 5. The summed E-state index contributed by atoms with van der Waals surface area (Å²) in [7, 11) is 0. The molecule has 9 heteroatoms. The number of hydrogen-bond acceptors (Lipinski definition) is 7. The smallest absolute Gasteiger partial charge is 0.159 e. The Balaban J connectivity index is 1.51. The zero-order valence-corrected chi connectivity index (χ0v) is 17.2. The molecular formula is C22H16N8S. The second-order valence-corrected chi connectivity index (χ2v) is 8.56. The molecule has 0 aliphatic heterocycles. The van der Waals surface area contributed by atoms with E-state index in [-0.39, 0.29) is 0 Å². The zero-order chi connectivity index (χ0) is 20.9. The van der Waals surface area contributed by atoms with E-state index in [1.54, 1.807) is 36.1 Å². The maximum Gasteiger partial charge on any atom is 0.159 e. The average molecular weight is 424 g/mol. The third kappa shape index (κ3) is 2.94. The highest BCUT2D eigenvalue weighted by Crippen LogP contribution is 2.34. The maximum absolute atomic E-state index is 5.89. The second kappa shape index (κ2) is 6.71. The molecule has 0 radical (unpaired) electrons. The van der Waals surface area contributed by atoms with Crippen molar-refractivity contribution in [1.29, 1.82) is 0 Å². The van der Waals surface area contributed by atoms with Crippen LogP contribution in [0.25, 0.3) is 55.2 Å². The first-order valence-electron chi connectivity index (χ1n) is 9.61. The van der Waals surface area contributed by atoms with E-state index in [0.29, 0.717) is 11.5 Å². The van der Waals surface area contributed by atoms with Crippen LogP contribution in [-0.2, 0) is 0 Å². The third-order valence-corrected chi connectivity index (χ3v) is 6.16. The van der Waals surface area contributed by atoms with Crippen molar-refractivity contribution in [2.45, 2.75) is 6.92 Å². The first-order valence-corrected chi connectivity index (χ1v) is 10.4.